The molecule has 0 amide bonds. The second-order valence-electron chi connectivity index (χ2n) is 3.45. The molecule has 0 unspecified atom stereocenters. The number of carboxylic acid groups (broad SMARTS) is 1. The van der Waals surface area contributed by atoms with Crippen LogP contribution in [0.3, 0.4) is 0 Å². The number of rotatable bonds is 2. The molecule has 1 aromatic heterocycles. The van der Waals surface area contributed by atoms with Crippen LogP contribution in [0.2, 0.25) is 0 Å². The summed E-state index contributed by atoms with van der Waals surface area (Å²) in [5.41, 5.74) is 1.71. The van der Waals surface area contributed by atoms with Gasteiger partial charge in [0.25, 0.3) is 0 Å². The second-order valence-corrected chi connectivity index (χ2v) is 3.45. The summed E-state index contributed by atoms with van der Waals surface area (Å²) in [6, 6.07) is 7.52. The van der Waals surface area contributed by atoms with Crippen molar-refractivity contribution in [2.45, 2.75) is 0 Å². The lowest BCUT2D eigenvalue weighted by Gasteiger charge is -2.05. The van der Waals surface area contributed by atoms with E-state index in [1.165, 1.54) is 0 Å². The van der Waals surface area contributed by atoms with Gasteiger partial charge >= 0.3 is 5.97 Å². The highest BCUT2D eigenvalue weighted by Gasteiger charge is 2.12. The van der Waals surface area contributed by atoms with E-state index in [0.29, 0.717) is 5.56 Å². The minimum Gasteiger partial charge on any atom is -0.478 e. The molecule has 1 aromatic carbocycles. The summed E-state index contributed by atoms with van der Waals surface area (Å²) in [7, 11) is 1.89. The molecule has 76 valence electrons. The summed E-state index contributed by atoms with van der Waals surface area (Å²) >= 11 is 0. The number of aryl methyl sites for hydroxylation is 1. The van der Waals surface area contributed by atoms with E-state index in [1.807, 2.05) is 36.0 Å². The Hall–Kier alpha value is -2.03. The maximum Gasteiger partial charge on any atom is 0.335 e. The lowest BCUT2D eigenvalue weighted by Crippen LogP contribution is -2.00. The standard InChI is InChI=1S/C12H11NO2/c1-8(12(14)15)10-5-3-4-9-6-7-13(2)11(9)10/h3-7H,1H2,2H3,(H,14,15). The van der Waals surface area contributed by atoms with Crippen molar-refractivity contribution in [3.05, 3.63) is 42.6 Å². The van der Waals surface area contributed by atoms with Gasteiger partial charge in [-0.05, 0) is 6.07 Å². The van der Waals surface area contributed by atoms with Gasteiger partial charge < -0.3 is 9.67 Å². The summed E-state index contributed by atoms with van der Waals surface area (Å²) in [5.74, 6) is -0.983. The Morgan fingerprint density at radius 1 is 1.40 bits per heavy atom. The molecule has 0 aliphatic carbocycles. The molecule has 0 atom stereocenters. The number of carboxylic acids is 1. The molecular weight excluding hydrogens is 190 g/mol. The number of carbonyl (C=O) groups is 1. The zero-order valence-electron chi connectivity index (χ0n) is 8.40. The third kappa shape index (κ3) is 1.42. The maximum atomic E-state index is 10.9. The SMILES string of the molecule is C=C(C(=O)O)c1cccc2ccn(C)c12. The maximum absolute atomic E-state index is 10.9. The molecule has 2 aromatic rings. The van der Waals surface area contributed by atoms with E-state index in [1.54, 1.807) is 6.07 Å². The van der Waals surface area contributed by atoms with Gasteiger partial charge in [-0.15, -0.1) is 0 Å². The van der Waals surface area contributed by atoms with Crippen LogP contribution < -0.4 is 0 Å². The minimum atomic E-state index is -0.983. The molecule has 0 fully saturated rings. The number of hydrogen-bond acceptors (Lipinski definition) is 1. The summed E-state index contributed by atoms with van der Waals surface area (Å²) in [6.45, 7) is 3.58. The van der Waals surface area contributed by atoms with Gasteiger partial charge in [0.15, 0.2) is 0 Å². The van der Waals surface area contributed by atoms with Gasteiger partial charge in [0.05, 0.1) is 11.1 Å². The molecule has 0 spiro atoms. The van der Waals surface area contributed by atoms with E-state index >= 15 is 0 Å². The third-order valence-corrected chi connectivity index (χ3v) is 2.48. The van der Waals surface area contributed by atoms with Gasteiger partial charge in [-0.3, -0.25) is 0 Å². The zero-order valence-corrected chi connectivity index (χ0v) is 8.40. The van der Waals surface area contributed by atoms with Crippen LogP contribution in [-0.2, 0) is 11.8 Å². The molecule has 0 saturated heterocycles. The first-order valence-corrected chi connectivity index (χ1v) is 4.58. The zero-order chi connectivity index (χ0) is 11.0. The Labute approximate surface area is 87.3 Å². The smallest absolute Gasteiger partial charge is 0.335 e. The number of fused-ring (bicyclic) bond motifs is 1. The topological polar surface area (TPSA) is 42.2 Å². The molecule has 15 heavy (non-hydrogen) atoms. The number of aliphatic carboxylic acids is 1. The third-order valence-electron chi connectivity index (χ3n) is 2.48. The van der Waals surface area contributed by atoms with E-state index in [2.05, 4.69) is 6.58 Å². The molecule has 0 radical (unpaired) electrons. The molecule has 0 bridgehead atoms. The van der Waals surface area contributed by atoms with E-state index in [4.69, 9.17) is 5.11 Å². The number of benzene rings is 1. The Morgan fingerprint density at radius 2 is 2.13 bits per heavy atom. The highest BCUT2D eigenvalue weighted by Crippen LogP contribution is 2.24. The van der Waals surface area contributed by atoms with Gasteiger partial charge in [-0.1, -0.05) is 24.8 Å². The first kappa shape index (κ1) is 9.52. The monoisotopic (exact) mass is 201 g/mol. The Morgan fingerprint density at radius 3 is 2.80 bits per heavy atom. The summed E-state index contributed by atoms with van der Waals surface area (Å²) in [6.07, 6.45) is 1.91. The summed E-state index contributed by atoms with van der Waals surface area (Å²) < 4.78 is 1.90. The molecule has 1 heterocycles. The van der Waals surface area contributed by atoms with Crippen molar-refractivity contribution in [2.75, 3.05) is 0 Å². The molecule has 0 aliphatic rings. The van der Waals surface area contributed by atoms with Crippen LogP contribution in [0.1, 0.15) is 5.56 Å². The van der Waals surface area contributed by atoms with Gasteiger partial charge in [-0.25, -0.2) is 4.79 Å². The van der Waals surface area contributed by atoms with Crippen LogP contribution >= 0.6 is 0 Å². The molecule has 1 N–H and O–H groups in total. The van der Waals surface area contributed by atoms with Crippen LogP contribution in [-0.4, -0.2) is 15.6 Å². The minimum absolute atomic E-state index is 0.127. The quantitative estimate of drug-likeness (QED) is 0.757. The van der Waals surface area contributed by atoms with Crippen LogP contribution in [0, 0.1) is 0 Å². The Balaban J connectivity index is 2.75. The van der Waals surface area contributed by atoms with Crippen molar-refractivity contribution in [3.63, 3.8) is 0 Å². The van der Waals surface area contributed by atoms with Crippen LogP contribution in [0.25, 0.3) is 16.5 Å². The predicted molar refractivity (Wildman–Crippen MR) is 59.6 cm³/mol. The van der Waals surface area contributed by atoms with E-state index in [0.717, 1.165) is 10.9 Å². The molecule has 3 heteroatoms. The molecule has 0 aliphatic heterocycles. The number of aromatic nitrogens is 1. The van der Waals surface area contributed by atoms with Gasteiger partial charge in [-0.2, -0.15) is 0 Å². The van der Waals surface area contributed by atoms with Crippen LogP contribution in [0.15, 0.2) is 37.0 Å². The van der Waals surface area contributed by atoms with Crippen molar-refractivity contribution in [1.29, 1.82) is 0 Å². The van der Waals surface area contributed by atoms with E-state index in [9.17, 15) is 4.79 Å². The second kappa shape index (κ2) is 3.28. The van der Waals surface area contributed by atoms with Crippen molar-refractivity contribution in [1.82, 2.24) is 4.57 Å². The Bertz CT molecular complexity index is 552. The molecular formula is C12H11NO2. The number of hydrogen-bond donors (Lipinski definition) is 1. The first-order valence-electron chi connectivity index (χ1n) is 4.58. The van der Waals surface area contributed by atoms with E-state index in [-0.39, 0.29) is 5.57 Å². The van der Waals surface area contributed by atoms with Gasteiger partial charge in [0.1, 0.15) is 0 Å². The largest absolute Gasteiger partial charge is 0.478 e. The fourth-order valence-corrected chi connectivity index (χ4v) is 1.71. The summed E-state index contributed by atoms with van der Waals surface area (Å²) in [5, 5.41) is 9.94. The predicted octanol–water partition coefficient (Wildman–Crippen LogP) is 2.28. The molecule has 3 nitrogen and oxygen atoms in total. The Kier molecular flexibility index (Phi) is 2.08. The summed E-state index contributed by atoms with van der Waals surface area (Å²) in [4.78, 5) is 10.9. The van der Waals surface area contributed by atoms with Crippen molar-refractivity contribution in [3.8, 4) is 0 Å². The highest BCUT2D eigenvalue weighted by molar-refractivity contribution is 6.18. The van der Waals surface area contributed by atoms with Gasteiger partial charge in [0.2, 0.25) is 0 Å². The lowest BCUT2D eigenvalue weighted by molar-refractivity contribution is -0.130. The highest BCUT2D eigenvalue weighted by atomic mass is 16.4. The van der Waals surface area contributed by atoms with Crippen molar-refractivity contribution in [2.24, 2.45) is 7.05 Å². The first-order chi connectivity index (χ1) is 7.11. The lowest BCUT2D eigenvalue weighted by atomic mass is 10.0. The average Bonchev–Trinajstić information content (AvgIpc) is 2.59. The number of para-hydroxylation sites is 1. The van der Waals surface area contributed by atoms with Crippen molar-refractivity contribution < 1.29 is 9.90 Å². The fraction of sp³-hybridized carbons (Fsp3) is 0.0833. The van der Waals surface area contributed by atoms with Gasteiger partial charge in [0, 0.05) is 24.2 Å². The molecule has 2 rings (SSSR count). The fourth-order valence-electron chi connectivity index (χ4n) is 1.71. The van der Waals surface area contributed by atoms with E-state index < -0.39 is 5.97 Å². The van der Waals surface area contributed by atoms with Crippen LogP contribution in [0.4, 0.5) is 0 Å². The normalized spacial score (nSPS) is 10.5. The average molecular weight is 201 g/mol. The van der Waals surface area contributed by atoms with Crippen LogP contribution in [0.5, 0.6) is 0 Å². The molecule has 0 saturated carbocycles. The van der Waals surface area contributed by atoms with Crippen molar-refractivity contribution >= 4 is 22.4 Å². The number of nitrogens with zero attached hydrogens (tertiary/aromatic N) is 1.